The number of hydrogen-bond donors (Lipinski definition) is 2. The van der Waals surface area contributed by atoms with Crippen LogP contribution in [0.5, 0.6) is 0 Å². The molecular weight excluding hydrogens is 232 g/mol. The normalized spacial score (nSPS) is 20.3. The number of H-pyrrole nitrogens is 1. The molecule has 1 atom stereocenters. The number of aryl methyl sites for hydroxylation is 1. The summed E-state index contributed by atoms with van der Waals surface area (Å²) in [5, 5.41) is 3.43. The zero-order chi connectivity index (χ0) is 12.4. The molecule has 1 fully saturated rings. The van der Waals surface area contributed by atoms with Crippen LogP contribution >= 0.6 is 0 Å². The van der Waals surface area contributed by atoms with Gasteiger partial charge in [-0.3, -0.25) is 4.98 Å². The maximum Gasteiger partial charge on any atom is 0.417 e. The largest absolute Gasteiger partial charge is 0.417 e. The quantitative estimate of drug-likeness (QED) is 0.851. The molecule has 96 valence electrons. The highest BCUT2D eigenvalue weighted by molar-refractivity contribution is 5.72. The lowest BCUT2D eigenvalue weighted by molar-refractivity contribution is 0.0743. The molecule has 0 amide bonds. The van der Waals surface area contributed by atoms with Crippen molar-refractivity contribution in [3.63, 3.8) is 0 Å². The summed E-state index contributed by atoms with van der Waals surface area (Å²) < 4.78 is 10.5. The molecular formula is C13H16N2O3. The molecule has 1 aromatic heterocycles. The summed E-state index contributed by atoms with van der Waals surface area (Å²) in [5.74, 6) is -0.399. The number of rotatable bonds is 3. The van der Waals surface area contributed by atoms with Gasteiger partial charge in [0.25, 0.3) is 0 Å². The van der Waals surface area contributed by atoms with Crippen LogP contribution < -0.4 is 11.1 Å². The third-order valence-corrected chi connectivity index (χ3v) is 3.27. The van der Waals surface area contributed by atoms with Gasteiger partial charge in [0.15, 0.2) is 5.58 Å². The Morgan fingerprint density at radius 1 is 1.39 bits per heavy atom. The highest BCUT2D eigenvalue weighted by atomic mass is 16.5. The smallest absolute Gasteiger partial charge is 0.408 e. The summed E-state index contributed by atoms with van der Waals surface area (Å²) >= 11 is 0. The minimum Gasteiger partial charge on any atom is -0.408 e. The van der Waals surface area contributed by atoms with E-state index in [9.17, 15) is 4.79 Å². The Morgan fingerprint density at radius 2 is 2.33 bits per heavy atom. The van der Waals surface area contributed by atoms with Crippen LogP contribution in [0.25, 0.3) is 11.1 Å². The van der Waals surface area contributed by atoms with E-state index in [1.807, 2.05) is 18.2 Å². The Kier molecular flexibility index (Phi) is 3.17. The number of fused-ring (bicyclic) bond motifs is 1. The second kappa shape index (κ2) is 4.96. The third-order valence-electron chi connectivity index (χ3n) is 3.27. The van der Waals surface area contributed by atoms with Crippen molar-refractivity contribution in [2.24, 2.45) is 0 Å². The first-order chi connectivity index (χ1) is 8.81. The second-order valence-corrected chi connectivity index (χ2v) is 4.61. The summed E-state index contributed by atoms with van der Waals surface area (Å²) in [5.41, 5.74) is 2.56. The Morgan fingerprint density at radius 3 is 3.17 bits per heavy atom. The van der Waals surface area contributed by atoms with Crippen LogP contribution in [-0.4, -0.2) is 30.8 Å². The van der Waals surface area contributed by atoms with E-state index in [1.165, 1.54) is 5.56 Å². The standard InChI is InChI=1S/C13H16N2O3/c16-13-15-11-4-2-9(7-12(11)18-13)1-3-10-8-17-6-5-14-10/h2,4,7,10,14H,1,3,5-6,8H2,(H,15,16). The Labute approximate surface area is 104 Å². The molecule has 2 N–H and O–H groups in total. The summed E-state index contributed by atoms with van der Waals surface area (Å²) in [6.07, 6.45) is 1.98. The zero-order valence-electron chi connectivity index (χ0n) is 10.1. The van der Waals surface area contributed by atoms with E-state index in [0.717, 1.165) is 38.1 Å². The molecule has 1 saturated heterocycles. The van der Waals surface area contributed by atoms with Gasteiger partial charge in [0.05, 0.1) is 18.7 Å². The van der Waals surface area contributed by atoms with Gasteiger partial charge < -0.3 is 14.5 Å². The minimum atomic E-state index is -0.399. The maximum absolute atomic E-state index is 11.1. The van der Waals surface area contributed by atoms with Crippen LogP contribution in [0.15, 0.2) is 27.4 Å². The predicted octanol–water partition coefficient (Wildman–Crippen LogP) is 1.04. The average molecular weight is 248 g/mol. The highest BCUT2D eigenvalue weighted by Gasteiger charge is 2.12. The van der Waals surface area contributed by atoms with Crippen molar-refractivity contribution in [3.05, 3.63) is 34.3 Å². The number of morpholine rings is 1. The van der Waals surface area contributed by atoms with Gasteiger partial charge in [-0.05, 0) is 30.5 Å². The van der Waals surface area contributed by atoms with Crippen LogP contribution in [0.3, 0.4) is 0 Å². The van der Waals surface area contributed by atoms with E-state index in [0.29, 0.717) is 11.6 Å². The maximum atomic E-state index is 11.1. The van der Waals surface area contributed by atoms with Gasteiger partial charge in [0.2, 0.25) is 0 Å². The molecule has 2 aromatic rings. The van der Waals surface area contributed by atoms with Crippen molar-refractivity contribution in [2.75, 3.05) is 19.8 Å². The van der Waals surface area contributed by atoms with Gasteiger partial charge in [0.1, 0.15) is 0 Å². The Balaban J connectivity index is 1.68. The Hall–Kier alpha value is -1.59. The number of oxazole rings is 1. The minimum absolute atomic E-state index is 0.399. The van der Waals surface area contributed by atoms with E-state index in [-0.39, 0.29) is 0 Å². The van der Waals surface area contributed by atoms with Gasteiger partial charge in [-0.2, -0.15) is 0 Å². The first kappa shape index (κ1) is 11.5. The van der Waals surface area contributed by atoms with Crippen molar-refractivity contribution in [3.8, 4) is 0 Å². The average Bonchev–Trinajstić information content (AvgIpc) is 2.77. The van der Waals surface area contributed by atoms with Gasteiger partial charge >= 0.3 is 5.76 Å². The zero-order valence-corrected chi connectivity index (χ0v) is 10.1. The molecule has 5 nitrogen and oxygen atoms in total. The molecule has 1 aliphatic rings. The van der Waals surface area contributed by atoms with Gasteiger partial charge in [-0.1, -0.05) is 6.07 Å². The lowest BCUT2D eigenvalue weighted by Crippen LogP contribution is -2.41. The molecule has 2 heterocycles. The van der Waals surface area contributed by atoms with Crippen molar-refractivity contribution in [2.45, 2.75) is 18.9 Å². The van der Waals surface area contributed by atoms with Crippen LogP contribution in [0.2, 0.25) is 0 Å². The van der Waals surface area contributed by atoms with Gasteiger partial charge in [0, 0.05) is 12.6 Å². The molecule has 0 radical (unpaired) electrons. The number of nitrogens with one attached hydrogen (secondary N) is 2. The molecule has 0 spiro atoms. The van der Waals surface area contributed by atoms with Crippen molar-refractivity contribution in [1.82, 2.24) is 10.3 Å². The van der Waals surface area contributed by atoms with E-state index < -0.39 is 5.76 Å². The number of aromatic amines is 1. The Bertz CT molecular complexity index is 581. The fraction of sp³-hybridized carbons (Fsp3) is 0.462. The third kappa shape index (κ3) is 2.47. The number of ether oxygens (including phenoxy) is 1. The first-order valence-corrected chi connectivity index (χ1v) is 6.24. The number of aromatic nitrogens is 1. The SMILES string of the molecule is O=c1[nH]c2ccc(CCC3COCCN3)cc2o1. The highest BCUT2D eigenvalue weighted by Crippen LogP contribution is 2.14. The van der Waals surface area contributed by atoms with Crippen LogP contribution in [0.1, 0.15) is 12.0 Å². The van der Waals surface area contributed by atoms with Gasteiger partial charge in [-0.15, -0.1) is 0 Å². The lowest BCUT2D eigenvalue weighted by atomic mass is 10.0. The fourth-order valence-electron chi connectivity index (χ4n) is 2.29. The lowest BCUT2D eigenvalue weighted by Gasteiger charge is -2.23. The summed E-state index contributed by atoms with van der Waals surface area (Å²) in [6.45, 7) is 2.51. The number of hydrogen-bond acceptors (Lipinski definition) is 4. The number of benzene rings is 1. The van der Waals surface area contributed by atoms with E-state index in [4.69, 9.17) is 9.15 Å². The molecule has 18 heavy (non-hydrogen) atoms. The molecule has 1 unspecified atom stereocenters. The van der Waals surface area contributed by atoms with Crippen LogP contribution in [0.4, 0.5) is 0 Å². The molecule has 1 aliphatic heterocycles. The van der Waals surface area contributed by atoms with Crippen molar-refractivity contribution in [1.29, 1.82) is 0 Å². The second-order valence-electron chi connectivity index (χ2n) is 4.61. The van der Waals surface area contributed by atoms with Crippen molar-refractivity contribution < 1.29 is 9.15 Å². The molecule has 1 aromatic carbocycles. The molecule has 5 heteroatoms. The molecule has 3 rings (SSSR count). The monoisotopic (exact) mass is 248 g/mol. The molecule has 0 aliphatic carbocycles. The van der Waals surface area contributed by atoms with Gasteiger partial charge in [-0.25, -0.2) is 4.79 Å². The van der Waals surface area contributed by atoms with Crippen LogP contribution in [0, 0.1) is 0 Å². The fourth-order valence-corrected chi connectivity index (χ4v) is 2.29. The summed E-state index contributed by atoms with van der Waals surface area (Å²) in [7, 11) is 0. The molecule has 0 bridgehead atoms. The van der Waals surface area contributed by atoms with E-state index in [1.54, 1.807) is 0 Å². The topological polar surface area (TPSA) is 67.3 Å². The van der Waals surface area contributed by atoms with E-state index >= 15 is 0 Å². The summed E-state index contributed by atoms with van der Waals surface area (Å²) in [6, 6.07) is 6.27. The molecule has 0 saturated carbocycles. The summed E-state index contributed by atoms with van der Waals surface area (Å²) in [4.78, 5) is 13.7. The predicted molar refractivity (Wildman–Crippen MR) is 67.8 cm³/mol. The van der Waals surface area contributed by atoms with Crippen LogP contribution in [-0.2, 0) is 11.2 Å². The van der Waals surface area contributed by atoms with E-state index in [2.05, 4.69) is 10.3 Å². The van der Waals surface area contributed by atoms with Crippen molar-refractivity contribution >= 4 is 11.1 Å². The first-order valence-electron chi connectivity index (χ1n) is 6.24.